The van der Waals surface area contributed by atoms with E-state index in [0.29, 0.717) is 5.75 Å². The summed E-state index contributed by atoms with van der Waals surface area (Å²) in [7, 11) is 1.54. The van der Waals surface area contributed by atoms with Crippen LogP contribution in [0.4, 0.5) is 4.39 Å². The van der Waals surface area contributed by atoms with Crippen LogP contribution < -0.4 is 4.74 Å². The maximum atomic E-state index is 13.6. The number of halogens is 1. The van der Waals surface area contributed by atoms with Crippen molar-refractivity contribution in [1.29, 1.82) is 0 Å². The van der Waals surface area contributed by atoms with Gasteiger partial charge in [0.25, 0.3) is 0 Å². The third kappa shape index (κ3) is 2.78. The normalized spacial score (nSPS) is 12.0. The first-order valence-corrected chi connectivity index (χ1v) is 5.82. The molecule has 0 fully saturated rings. The van der Waals surface area contributed by atoms with Crippen molar-refractivity contribution in [2.24, 2.45) is 0 Å². The van der Waals surface area contributed by atoms with Gasteiger partial charge in [0.05, 0.1) is 13.7 Å². The topological polar surface area (TPSA) is 29.5 Å². The van der Waals surface area contributed by atoms with Gasteiger partial charge in [-0.15, -0.1) is 0 Å². The maximum absolute atomic E-state index is 13.6. The molecule has 0 atom stereocenters. The molecule has 0 saturated heterocycles. The van der Waals surface area contributed by atoms with Crippen molar-refractivity contribution in [3.8, 4) is 5.75 Å². The van der Waals surface area contributed by atoms with Gasteiger partial charge in [0.15, 0.2) is 0 Å². The SMILES string of the molecule is COc1cc(F)cc(C(C)(C)CO)c1C(C)C. The van der Waals surface area contributed by atoms with E-state index >= 15 is 0 Å². The van der Waals surface area contributed by atoms with E-state index in [9.17, 15) is 9.50 Å². The minimum atomic E-state index is -0.477. The number of ether oxygens (including phenoxy) is 1. The second kappa shape index (κ2) is 5.05. The molecule has 17 heavy (non-hydrogen) atoms. The van der Waals surface area contributed by atoms with E-state index in [1.807, 2.05) is 27.7 Å². The van der Waals surface area contributed by atoms with E-state index in [1.54, 1.807) is 0 Å². The molecule has 0 amide bonds. The molecular formula is C14H21FO2. The predicted octanol–water partition coefficient (Wildman–Crippen LogP) is 3.23. The Bertz CT molecular complexity index is 397. The van der Waals surface area contributed by atoms with Gasteiger partial charge in [-0.25, -0.2) is 4.39 Å². The van der Waals surface area contributed by atoms with E-state index in [1.165, 1.54) is 19.2 Å². The van der Waals surface area contributed by atoms with Crippen LogP contribution in [0.2, 0.25) is 0 Å². The zero-order valence-corrected chi connectivity index (χ0v) is 11.2. The van der Waals surface area contributed by atoms with Crippen molar-refractivity contribution in [2.45, 2.75) is 39.0 Å². The molecule has 96 valence electrons. The minimum Gasteiger partial charge on any atom is -0.496 e. The van der Waals surface area contributed by atoms with Gasteiger partial charge in [-0.2, -0.15) is 0 Å². The first kappa shape index (κ1) is 14.0. The lowest BCUT2D eigenvalue weighted by Crippen LogP contribution is -2.25. The molecule has 2 nitrogen and oxygen atoms in total. The highest BCUT2D eigenvalue weighted by Crippen LogP contribution is 2.37. The van der Waals surface area contributed by atoms with Crippen molar-refractivity contribution in [1.82, 2.24) is 0 Å². The van der Waals surface area contributed by atoms with Crippen LogP contribution in [0.25, 0.3) is 0 Å². The smallest absolute Gasteiger partial charge is 0.127 e. The van der Waals surface area contributed by atoms with E-state index in [-0.39, 0.29) is 18.3 Å². The summed E-state index contributed by atoms with van der Waals surface area (Å²) in [5.41, 5.74) is 1.30. The molecule has 1 aromatic carbocycles. The molecule has 0 aliphatic rings. The molecule has 1 aromatic rings. The van der Waals surface area contributed by atoms with Crippen molar-refractivity contribution < 1.29 is 14.2 Å². The Morgan fingerprint density at radius 2 is 1.94 bits per heavy atom. The summed E-state index contributed by atoms with van der Waals surface area (Å²) in [5, 5.41) is 9.44. The second-order valence-electron chi connectivity index (χ2n) is 5.27. The predicted molar refractivity (Wildman–Crippen MR) is 67.2 cm³/mol. The van der Waals surface area contributed by atoms with Crippen LogP contribution in [0.15, 0.2) is 12.1 Å². The Labute approximate surface area is 102 Å². The lowest BCUT2D eigenvalue weighted by molar-refractivity contribution is 0.216. The first-order chi connectivity index (χ1) is 7.83. The summed E-state index contributed by atoms with van der Waals surface area (Å²) in [6, 6.07) is 2.89. The second-order valence-corrected chi connectivity index (χ2v) is 5.27. The van der Waals surface area contributed by atoms with Crippen molar-refractivity contribution >= 4 is 0 Å². The standard InChI is InChI=1S/C14H21FO2/c1-9(2)13-11(14(3,4)8-16)6-10(15)7-12(13)17-5/h6-7,9,16H,8H2,1-5H3. The Hall–Kier alpha value is -1.09. The molecule has 0 unspecified atom stereocenters. The van der Waals surface area contributed by atoms with Crippen molar-refractivity contribution in [3.63, 3.8) is 0 Å². The van der Waals surface area contributed by atoms with Gasteiger partial charge in [-0.3, -0.25) is 0 Å². The summed E-state index contributed by atoms with van der Waals surface area (Å²) in [5.74, 6) is 0.436. The van der Waals surface area contributed by atoms with E-state index in [0.717, 1.165) is 11.1 Å². The maximum Gasteiger partial charge on any atom is 0.127 e. The number of methoxy groups -OCH3 is 1. The zero-order valence-electron chi connectivity index (χ0n) is 11.2. The van der Waals surface area contributed by atoms with Gasteiger partial charge in [0, 0.05) is 17.0 Å². The Morgan fingerprint density at radius 1 is 1.35 bits per heavy atom. The van der Waals surface area contributed by atoms with Crippen LogP contribution in [0, 0.1) is 5.82 Å². The van der Waals surface area contributed by atoms with Gasteiger partial charge in [-0.1, -0.05) is 27.7 Å². The summed E-state index contributed by atoms with van der Waals surface area (Å²) >= 11 is 0. The highest BCUT2D eigenvalue weighted by molar-refractivity contribution is 5.46. The summed E-state index contributed by atoms with van der Waals surface area (Å²) in [6.07, 6.45) is 0. The van der Waals surface area contributed by atoms with Crippen LogP contribution in [-0.4, -0.2) is 18.8 Å². The van der Waals surface area contributed by atoms with Crippen LogP contribution in [0.5, 0.6) is 5.75 Å². The van der Waals surface area contributed by atoms with E-state index in [4.69, 9.17) is 4.74 Å². The molecule has 0 aliphatic carbocycles. The molecule has 0 radical (unpaired) electrons. The fourth-order valence-corrected chi connectivity index (χ4v) is 2.00. The van der Waals surface area contributed by atoms with E-state index < -0.39 is 5.41 Å². The lowest BCUT2D eigenvalue weighted by atomic mass is 9.79. The molecule has 0 aromatic heterocycles. The fourth-order valence-electron chi connectivity index (χ4n) is 2.00. The average Bonchev–Trinajstić information content (AvgIpc) is 2.27. The Morgan fingerprint density at radius 3 is 2.35 bits per heavy atom. The number of rotatable bonds is 4. The van der Waals surface area contributed by atoms with Crippen molar-refractivity contribution in [3.05, 3.63) is 29.1 Å². The quantitative estimate of drug-likeness (QED) is 0.875. The molecular weight excluding hydrogens is 219 g/mol. The van der Waals surface area contributed by atoms with Gasteiger partial charge in [0.2, 0.25) is 0 Å². The number of aliphatic hydroxyl groups excluding tert-OH is 1. The molecule has 0 saturated carbocycles. The number of hydrogen-bond acceptors (Lipinski definition) is 2. The average molecular weight is 240 g/mol. The molecule has 1 N–H and O–H groups in total. The largest absolute Gasteiger partial charge is 0.496 e. The number of hydrogen-bond donors (Lipinski definition) is 1. The summed E-state index contributed by atoms with van der Waals surface area (Å²) in [4.78, 5) is 0. The van der Waals surface area contributed by atoms with E-state index in [2.05, 4.69) is 0 Å². The highest BCUT2D eigenvalue weighted by Gasteiger charge is 2.27. The minimum absolute atomic E-state index is 0.0284. The monoisotopic (exact) mass is 240 g/mol. The first-order valence-electron chi connectivity index (χ1n) is 5.82. The summed E-state index contributed by atoms with van der Waals surface area (Å²) < 4.78 is 18.8. The fraction of sp³-hybridized carbons (Fsp3) is 0.571. The zero-order chi connectivity index (χ0) is 13.2. The lowest BCUT2D eigenvalue weighted by Gasteiger charge is -2.28. The van der Waals surface area contributed by atoms with Crippen molar-refractivity contribution in [2.75, 3.05) is 13.7 Å². The van der Waals surface area contributed by atoms with Crippen LogP contribution in [0.1, 0.15) is 44.7 Å². The molecule has 0 heterocycles. The van der Waals surface area contributed by atoms with Crippen LogP contribution in [0.3, 0.4) is 0 Å². The Kier molecular flexibility index (Phi) is 4.15. The molecule has 0 bridgehead atoms. The Balaban J connectivity index is 3.51. The number of aliphatic hydroxyl groups is 1. The molecule has 0 aliphatic heterocycles. The number of benzene rings is 1. The molecule has 0 spiro atoms. The highest BCUT2D eigenvalue weighted by atomic mass is 19.1. The van der Waals surface area contributed by atoms with Crippen LogP contribution >= 0.6 is 0 Å². The van der Waals surface area contributed by atoms with Gasteiger partial charge >= 0.3 is 0 Å². The van der Waals surface area contributed by atoms with Gasteiger partial charge in [-0.05, 0) is 17.5 Å². The third-order valence-corrected chi connectivity index (χ3v) is 3.03. The van der Waals surface area contributed by atoms with Crippen LogP contribution in [-0.2, 0) is 5.41 Å². The summed E-state index contributed by atoms with van der Waals surface area (Å²) in [6.45, 7) is 7.83. The van der Waals surface area contributed by atoms with Gasteiger partial charge < -0.3 is 9.84 Å². The molecule has 3 heteroatoms. The molecule has 1 rings (SSSR count). The van der Waals surface area contributed by atoms with Gasteiger partial charge in [0.1, 0.15) is 11.6 Å². The third-order valence-electron chi connectivity index (χ3n) is 3.03.